The first-order valence-electron chi connectivity index (χ1n) is 8.90. The molecule has 0 aliphatic heterocycles. The maximum atomic E-state index is 5.54. The zero-order chi connectivity index (χ0) is 19.1. The summed E-state index contributed by atoms with van der Waals surface area (Å²) < 4.78 is 12.7. The van der Waals surface area contributed by atoms with Crippen LogP contribution < -0.4 is 4.74 Å². The Bertz CT molecular complexity index is 1290. The van der Waals surface area contributed by atoms with Gasteiger partial charge in [0.05, 0.1) is 31.2 Å². The molecule has 0 amide bonds. The zero-order valence-electron chi connectivity index (χ0n) is 15.4. The first kappa shape index (κ1) is 16.4. The third-order valence-electron chi connectivity index (χ3n) is 4.87. The second-order valence-corrected chi connectivity index (χ2v) is 6.54. The number of rotatable bonds is 4. The predicted octanol–water partition coefficient (Wildman–Crippen LogP) is 4.25. The standard InChI is InChI=1S/C21H17N5O2/c1-13(14-5-6-17-15(8-14)4-3-7-22-17)26-12-24-20-21(26)25-18(10-23-20)19-9-16(27-2)11-28-19/h3-13H,1-2H3. The number of hydrogen-bond acceptors (Lipinski definition) is 6. The molecule has 0 radical (unpaired) electrons. The summed E-state index contributed by atoms with van der Waals surface area (Å²) in [6.45, 7) is 2.11. The first-order chi connectivity index (χ1) is 13.7. The lowest BCUT2D eigenvalue weighted by molar-refractivity contribution is 0.406. The van der Waals surface area contributed by atoms with Crippen LogP contribution in [0.3, 0.4) is 0 Å². The Hall–Kier alpha value is -3.74. The van der Waals surface area contributed by atoms with Crippen LogP contribution in [0.2, 0.25) is 0 Å². The van der Waals surface area contributed by atoms with Crippen molar-refractivity contribution >= 4 is 22.2 Å². The molecule has 28 heavy (non-hydrogen) atoms. The molecule has 0 N–H and O–H groups in total. The molecular weight excluding hydrogens is 354 g/mol. The fourth-order valence-electron chi connectivity index (χ4n) is 3.29. The van der Waals surface area contributed by atoms with Gasteiger partial charge in [0.15, 0.2) is 22.8 Å². The second kappa shape index (κ2) is 6.45. The van der Waals surface area contributed by atoms with Gasteiger partial charge in [0, 0.05) is 17.6 Å². The van der Waals surface area contributed by atoms with E-state index in [-0.39, 0.29) is 6.04 Å². The number of aromatic nitrogens is 5. The van der Waals surface area contributed by atoms with Crippen LogP contribution in [0.15, 0.2) is 65.8 Å². The number of ether oxygens (including phenoxy) is 1. The Labute approximate surface area is 160 Å². The van der Waals surface area contributed by atoms with Gasteiger partial charge >= 0.3 is 0 Å². The number of pyridine rings is 1. The van der Waals surface area contributed by atoms with Gasteiger partial charge in [0.25, 0.3) is 0 Å². The van der Waals surface area contributed by atoms with Crippen molar-refractivity contribution < 1.29 is 9.15 Å². The van der Waals surface area contributed by atoms with Crippen molar-refractivity contribution in [3.8, 4) is 17.2 Å². The minimum absolute atomic E-state index is 0.0327. The van der Waals surface area contributed by atoms with Crippen molar-refractivity contribution in [3.05, 3.63) is 66.9 Å². The van der Waals surface area contributed by atoms with Crippen LogP contribution >= 0.6 is 0 Å². The van der Waals surface area contributed by atoms with Crippen molar-refractivity contribution in [2.45, 2.75) is 13.0 Å². The highest BCUT2D eigenvalue weighted by Gasteiger charge is 2.16. The summed E-state index contributed by atoms with van der Waals surface area (Å²) in [5, 5.41) is 1.10. The van der Waals surface area contributed by atoms with Crippen LogP contribution in [0, 0.1) is 0 Å². The Morgan fingerprint density at radius 2 is 2.04 bits per heavy atom. The smallest absolute Gasteiger partial charge is 0.197 e. The van der Waals surface area contributed by atoms with Crippen molar-refractivity contribution in [1.29, 1.82) is 0 Å². The lowest BCUT2D eigenvalue weighted by atomic mass is 10.1. The van der Waals surface area contributed by atoms with Crippen LogP contribution in [0.4, 0.5) is 0 Å². The van der Waals surface area contributed by atoms with Crippen LogP contribution in [-0.2, 0) is 0 Å². The van der Waals surface area contributed by atoms with E-state index in [1.807, 2.05) is 16.7 Å². The minimum atomic E-state index is 0.0327. The Morgan fingerprint density at radius 1 is 1.11 bits per heavy atom. The van der Waals surface area contributed by atoms with Crippen LogP contribution in [0.25, 0.3) is 33.7 Å². The van der Waals surface area contributed by atoms with E-state index in [1.54, 1.807) is 38.2 Å². The van der Waals surface area contributed by atoms with Crippen molar-refractivity contribution in [2.24, 2.45) is 0 Å². The fourth-order valence-corrected chi connectivity index (χ4v) is 3.29. The highest BCUT2D eigenvalue weighted by Crippen LogP contribution is 2.28. The van der Waals surface area contributed by atoms with Gasteiger partial charge in [-0.3, -0.25) is 4.98 Å². The van der Waals surface area contributed by atoms with E-state index in [2.05, 4.69) is 40.1 Å². The number of benzene rings is 1. The molecule has 1 atom stereocenters. The van der Waals surface area contributed by atoms with E-state index in [0.717, 1.165) is 16.5 Å². The number of fused-ring (bicyclic) bond motifs is 2. The maximum absolute atomic E-state index is 5.54. The topological polar surface area (TPSA) is 78.9 Å². The number of imidazole rings is 1. The van der Waals surface area contributed by atoms with E-state index in [0.29, 0.717) is 28.5 Å². The average molecular weight is 371 g/mol. The SMILES string of the molecule is COc1coc(-c2cnc3ncn(C(C)c4ccc5ncccc5c4)c3n2)c1. The van der Waals surface area contributed by atoms with Crippen LogP contribution in [-0.4, -0.2) is 31.6 Å². The third-order valence-corrected chi connectivity index (χ3v) is 4.87. The summed E-state index contributed by atoms with van der Waals surface area (Å²) in [4.78, 5) is 18.0. The number of furan rings is 1. The second-order valence-electron chi connectivity index (χ2n) is 6.54. The van der Waals surface area contributed by atoms with Gasteiger partial charge in [-0.2, -0.15) is 0 Å². The average Bonchev–Trinajstić information content (AvgIpc) is 3.39. The molecule has 0 saturated heterocycles. The molecule has 0 aliphatic rings. The lowest BCUT2D eigenvalue weighted by Gasteiger charge is -2.15. The molecule has 5 aromatic rings. The minimum Gasteiger partial charge on any atom is -0.493 e. The lowest BCUT2D eigenvalue weighted by Crippen LogP contribution is -2.06. The maximum Gasteiger partial charge on any atom is 0.197 e. The number of hydrogen-bond donors (Lipinski definition) is 0. The number of nitrogens with zero attached hydrogens (tertiary/aromatic N) is 5. The molecule has 5 rings (SSSR count). The molecule has 7 nitrogen and oxygen atoms in total. The van der Waals surface area contributed by atoms with Crippen molar-refractivity contribution in [1.82, 2.24) is 24.5 Å². The Balaban J connectivity index is 1.58. The molecular formula is C21H17N5O2. The van der Waals surface area contributed by atoms with Gasteiger partial charge in [-0.1, -0.05) is 12.1 Å². The van der Waals surface area contributed by atoms with E-state index in [1.165, 1.54) is 0 Å². The largest absolute Gasteiger partial charge is 0.493 e. The van der Waals surface area contributed by atoms with Gasteiger partial charge in [-0.25, -0.2) is 15.0 Å². The highest BCUT2D eigenvalue weighted by atomic mass is 16.5. The molecule has 1 unspecified atom stereocenters. The fraction of sp³-hybridized carbons (Fsp3) is 0.143. The Morgan fingerprint density at radius 3 is 2.89 bits per heavy atom. The molecule has 0 bridgehead atoms. The predicted molar refractivity (Wildman–Crippen MR) is 105 cm³/mol. The highest BCUT2D eigenvalue weighted by molar-refractivity contribution is 5.79. The summed E-state index contributed by atoms with van der Waals surface area (Å²) in [7, 11) is 1.60. The van der Waals surface area contributed by atoms with E-state index in [4.69, 9.17) is 14.1 Å². The Kier molecular flexibility index (Phi) is 3.79. The van der Waals surface area contributed by atoms with Gasteiger partial charge in [0.1, 0.15) is 12.0 Å². The molecule has 0 fully saturated rings. The molecule has 4 heterocycles. The van der Waals surface area contributed by atoms with E-state index >= 15 is 0 Å². The van der Waals surface area contributed by atoms with Gasteiger partial charge < -0.3 is 13.7 Å². The first-order valence-corrected chi connectivity index (χ1v) is 8.90. The van der Waals surface area contributed by atoms with E-state index in [9.17, 15) is 0 Å². The normalized spacial score (nSPS) is 12.5. The summed E-state index contributed by atoms with van der Waals surface area (Å²) in [5.74, 6) is 1.24. The van der Waals surface area contributed by atoms with Crippen LogP contribution in [0.1, 0.15) is 18.5 Å². The molecule has 7 heteroatoms. The van der Waals surface area contributed by atoms with E-state index < -0.39 is 0 Å². The summed E-state index contributed by atoms with van der Waals surface area (Å²) in [5.41, 5.74) is 4.05. The monoisotopic (exact) mass is 371 g/mol. The molecule has 138 valence electrons. The number of methoxy groups -OCH3 is 1. The van der Waals surface area contributed by atoms with Gasteiger partial charge in [-0.05, 0) is 30.7 Å². The van der Waals surface area contributed by atoms with Gasteiger partial charge in [-0.15, -0.1) is 0 Å². The zero-order valence-corrected chi connectivity index (χ0v) is 15.4. The summed E-state index contributed by atoms with van der Waals surface area (Å²) in [6.07, 6.45) is 6.78. The molecule has 0 aliphatic carbocycles. The van der Waals surface area contributed by atoms with Crippen molar-refractivity contribution in [3.63, 3.8) is 0 Å². The molecule has 4 aromatic heterocycles. The molecule has 1 aromatic carbocycles. The molecule has 0 spiro atoms. The van der Waals surface area contributed by atoms with Crippen molar-refractivity contribution in [2.75, 3.05) is 7.11 Å². The quantitative estimate of drug-likeness (QED) is 0.470. The van der Waals surface area contributed by atoms with Crippen LogP contribution in [0.5, 0.6) is 5.75 Å². The summed E-state index contributed by atoms with van der Waals surface area (Å²) in [6, 6.07) is 12.1. The summed E-state index contributed by atoms with van der Waals surface area (Å²) >= 11 is 0. The molecule has 0 saturated carbocycles. The van der Waals surface area contributed by atoms with Gasteiger partial charge in [0.2, 0.25) is 0 Å². The third kappa shape index (κ3) is 2.68.